The third-order valence-corrected chi connectivity index (χ3v) is 6.82. The molecular weight excluding hydrogens is 518 g/mol. The molecule has 208 valence electrons. The molecule has 0 unspecified atom stereocenters. The normalized spacial score (nSPS) is 11.6. The monoisotopic (exact) mass is 549 g/mol. The molecule has 0 saturated heterocycles. The predicted octanol–water partition coefficient (Wildman–Crippen LogP) is 4.54. The number of carbonyl (C=O) groups is 2. The standard InChI is InChI=1S/C32H31N5O4/c1-40-28-19-11-16-25(31(28)41-2)30(32(39)33-20-23-12-5-3-6-13-23)36(21-24-14-7-4-8-15-24)29(38)22-37-27-18-10-9-17-26(27)34-35-37/h3-19,30H,20-22H2,1-2H3,(H,33,39)/t30-/m1/s1. The lowest BCUT2D eigenvalue weighted by Crippen LogP contribution is -2.44. The van der Waals surface area contributed by atoms with Crippen molar-refractivity contribution < 1.29 is 19.1 Å². The van der Waals surface area contributed by atoms with Gasteiger partial charge in [0.05, 0.1) is 19.7 Å². The fourth-order valence-electron chi connectivity index (χ4n) is 4.82. The van der Waals surface area contributed by atoms with Crippen LogP contribution in [0.1, 0.15) is 22.7 Å². The lowest BCUT2D eigenvalue weighted by Gasteiger charge is -2.32. The number of carbonyl (C=O) groups excluding carboxylic acids is 2. The van der Waals surface area contributed by atoms with Crippen molar-refractivity contribution in [3.05, 3.63) is 120 Å². The molecule has 5 rings (SSSR count). The minimum absolute atomic E-state index is 0.109. The number of nitrogens with zero attached hydrogens (tertiary/aromatic N) is 4. The summed E-state index contributed by atoms with van der Waals surface area (Å²) < 4.78 is 12.8. The highest BCUT2D eigenvalue weighted by Gasteiger charge is 2.35. The first-order chi connectivity index (χ1) is 20.1. The molecule has 0 spiro atoms. The summed E-state index contributed by atoms with van der Waals surface area (Å²) in [5.41, 5.74) is 3.72. The van der Waals surface area contributed by atoms with E-state index in [4.69, 9.17) is 9.47 Å². The molecule has 41 heavy (non-hydrogen) atoms. The van der Waals surface area contributed by atoms with Crippen LogP contribution in [0.5, 0.6) is 11.5 Å². The van der Waals surface area contributed by atoms with Crippen LogP contribution in [0.3, 0.4) is 0 Å². The minimum Gasteiger partial charge on any atom is -0.493 e. The van der Waals surface area contributed by atoms with E-state index in [1.54, 1.807) is 27.8 Å². The molecule has 4 aromatic carbocycles. The minimum atomic E-state index is -1.04. The molecule has 2 amide bonds. The number of rotatable bonds is 11. The Morgan fingerprint density at radius 2 is 1.51 bits per heavy atom. The summed E-state index contributed by atoms with van der Waals surface area (Å²) in [7, 11) is 3.06. The van der Waals surface area contributed by atoms with Crippen molar-refractivity contribution in [2.45, 2.75) is 25.7 Å². The number of ether oxygens (including phenoxy) is 2. The lowest BCUT2D eigenvalue weighted by atomic mass is 10.0. The van der Waals surface area contributed by atoms with E-state index >= 15 is 0 Å². The molecule has 0 aliphatic carbocycles. The van der Waals surface area contributed by atoms with Gasteiger partial charge < -0.3 is 19.7 Å². The predicted molar refractivity (Wildman–Crippen MR) is 155 cm³/mol. The van der Waals surface area contributed by atoms with Gasteiger partial charge in [-0.05, 0) is 29.3 Å². The van der Waals surface area contributed by atoms with E-state index in [0.29, 0.717) is 29.1 Å². The molecule has 0 fully saturated rings. The second-order valence-electron chi connectivity index (χ2n) is 9.43. The Balaban J connectivity index is 1.57. The number of nitrogens with one attached hydrogen (secondary N) is 1. The van der Waals surface area contributed by atoms with Crippen molar-refractivity contribution in [1.29, 1.82) is 0 Å². The van der Waals surface area contributed by atoms with Crippen LogP contribution < -0.4 is 14.8 Å². The number of para-hydroxylation sites is 2. The van der Waals surface area contributed by atoms with E-state index in [1.165, 1.54) is 14.2 Å². The highest BCUT2D eigenvalue weighted by Crippen LogP contribution is 2.38. The zero-order chi connectivity index (χ0) is 28.6. The zero-order valence-corrected chi connectivity index (χ0v) is 22.9. The fraction of sp³-hybridized carbons (Fsp3) is 0.188. The maximum Gasteiger partial charge on any atom is 0.247 e. The van der Waals surface area contributed by atoms with Crippen LogP contribution in [-0.2, 0) is 29.2 Å². The zero-order valence-electron chi connectivity index (χ0n) is 22.9. The molecule has 9 nitrogen and oxygen atoms in total. The Kier molecular flexibility index (Phi) is 8.54. The van der Waals surface area contributed by atoms with Gasteiger partial charge in [0.25, 0.3) is 0 Å². The second-order valence-corrected chi connectivity index (χ2v) is 9.43. The van der Waals surface area contributed by atoms with Crippen molar-refractivity contribution in [2.75, 3.05) is 14.2 Å². The highest BCUT2D eigenvalue weighted by molar-refractivity contribution is 5.90. The van der Waals surface area contributed by atoms with Crippen molar-refractivity contribution in [2.24, 2.45) is 0 Å². The van der Waals surface area contributed by atoms with Gasteiger partial charge in [-0.2, -0.15) is 0 Å². The number of fused-ring (bicyclic) bond motifs is 1. The molecule has 0 aliphatic heterocycles. The number of aromatic nitrogens is 3. The molecule has 1 N–H and O–H groups in total. The van der Waals surface area contributed by atoms with Gasteiger partial charge in [-0.1, -0.05) is 90.1 Å². The van der Waals surface area contributed by atoms with E-state index in [-0.39, 0.29) is 24.9 Å². The van der Waals surface area contributed by atoms with E-state index in [2.05, 4.69) is 15.6 Å². The molecule has 0 aliphatic rings. The Morgan fingerprint density at radius 3 is 2.22 bits per heavy atom. The number of amides is 2. The Hall–Kier alpha value is -5.18. The topological polar surface area (TPSA) is 98.6 Å². The Labute approximate surface area is 238 Å². The second kappa shape index (κ2) is 12.8. The van der Waals surface area contributed by atoms with Crippen LogP contribution in [0.2, 0.25) is 0 Å². The lowest BCUT2D eigenvalue weighted by molar-refractivity contribution is -0.142. The summed E-state index contributed by atoms with van der Waals surface area (Å²) in [5, 5.41) is 11.4. The number of hydrogen-bond acceptors (Lipinski definition) is 6. The summed E-state index contributed by atoms with van der Waals surface area (Å²) in [6.45, 7) is 0.363. The van der Waals surface area contributed by atoms with Gasteiger partial charge in [-0.25, -0.2) is 4.68 Å². The van der Waals surface area contributed by atoms with Gasteiger partial charge in [0.15, 0.2) is 11.5 Å². The summed E-state index contributed by atoms with van der Waals surface area (Å²) in [4.78, 5) is 29.8. The molecule has 1 aromatic heterocycles. The van der Waals surface area contributed by atoms with Crippen LogP contribution >= 0.6 is 0 Å². The molecule has 0 bridgehead atoms. The SMILES string of the molecule is COc1cccc([C@H](C(=O)NCc2ccccc2)N(Cc2ccccc2)C(=O)Cn2nnc3ccccc32)c1OC. The molecule has 1 heterocycles. The van der Waals surface area contributed by atoms with Gasteiger partial charge in [-0.15, -0.1) is 5.10 Å². The van der Waals surface area contributed by atoms with Gasteiger partial charge in [0.2, 0.25) is 11.8 Å². The maximum absolute atomic E-state index is 14.2. The van der Waals surface area contributed by atoms with Gasteiger partial charge >= 0.3 is 0 Å². The molecular formula is C32H31N5O4. The summed E-state index contributed by atoms with van der Waals surface area (Å²) in [6, 6.07) is 30.9. The van der Waals surface area contributed by atoms with Crippen molar-refractivity contribution in [3.63, 3.8) is 0 Å². The maximum atomic E-state index is 14.2. The third kappa shape index (κ3) is 6.19. The van der Waals surface area contributed by atoms with E-state index < -0.39 is 6.04 Å². The number of benzene rings is 4. The average Bonchev–Trinajstić information content (AvgIpc) is 3.43. The van der Waals surface area contributed by atoms with Crippen LogP contribution in [-0.4, -0.2) is 45.9 Å². The largest absolute Gasteiger partial charge is 0.493 e. The first-order valence-corrected chi connectivity index (χ1v) is 13.2. The summed E-state index contributed by atoms with van der Waals surface area (Å²) in [6.07, 6.45) is 0. The van der Waals surface area contributed by atoms with Gasteiger partial charge in [0.1, 0.15) is 18.1 Å². The molecule has 9 heteroatoms. The Morgan fingerprint density at radius 1 is 0.829 bits per heavy atom. The molecule has 5 aromatic rings. The number of methoxy groups -OCH3 is 2. The highest BCUT2D eigenvalue weighted by atomic mass is 16.5. The average molecular weight is 550 g/mol. The van der Waals surface area contributed by atoms with E-state index in [1.807, 2.05) is 84.9 Å². The van der Waals surface area contributed by atoms with Crippen molar-refractivity contribution in [3.8, 4) is 11.5 Å². The van der Waals surface area contributed by atoms with Crippen molar-refractivity contribution in [1.82, 2.24) is 25.2 Å². The first kappa shape index (κ1) is 27.4. The van der Waals surface area contributed by atoms with Gasteiger partial charge in [-0.3, -0.25) is 9.59 Å². The van der Waals surface area contributed by atoms with Crippen LogP contribution in [0.25, 0.3) is 11.0 Å². The summed E-state index contributed by atoms with van der Waals surface area (Å²) >= 11 is 0. The molecule has 0 saturated carbocycles. The van der Waals surface area contributed by atoms with E-state index in [0.717, 1.165) is 16.6 Å². The fourth-order valence-corrected chi connectivity index (χ4v) is 4.82. The smallest absolute Gasteiger partial charge is 0.247 e. The van der Waals surface area contributed by atoms with Crippen LogP contribution in [0.15, 0.2) is 103 Å². The Bertz CT molecular complexity index is 1620. The van der Waals surface area contributed by atoms with E-state index in [9.17, 15) is 9.59 Å². The van der Waals surface area contributed by atoms with Crippen LogP contribution in [0.4, 0.5) is 0 Å². The molecule has 1 atom stereocenters. The van der Waals surface area contributed by atoms with Crippen molar-refractivity contribution >= 4 is 22.8 Å². The quantitative estimate of drug-likeness (QED) is 0.260. The number of hydrogen-bond donors (Lipinski definition) is 1. The third-order valence-electron chi connectivity index (χ3n) is 6.82. The first-order valence-electron chi connectivity index (χ1n) is 13.2. The van der Waals surface area contributed by atoms with Crippen LogP contribution in [0, 0.1) is 0 Å². The summed E-state index contributed by atoms with van der Waals surface area (Å²) in [5.74, 6) is 0.176. The molecule has 0 radical (unpaired) electrons. The van der Waals surface area contributed by atoms with Gasteiger partial charge in [0, 0.05) is 18.7 Å².